The van der Waals surface area contributed by atoms with Gasteiger partial charge in [-0.3, -0.25) is 4.79 Å². The largest absolute Gasteiger partial charge is 0.373 e. The molecule has 80 valence electrons. The predicted octanol–water partition coefficient (Wildman–Crippen LogP) is 2.71. The molecule has 0 amide bonds. The van der Waals surface area contributed by atoms with Crippen molar-refractivity contribution in [3.63, 3.8) is 0 Å². The van der Waals surface area contributed by atoms with Crippen LogP contribution in [0.25, 0.3) is 0 Å². The van der Waals surface area contributed by atoms with Crippen molar-refractivity contribution in [2.24, 2.45) is 0 Å². The lowest BCUT2D eigenvalue weighted by Crippen LogP contribution is -2.09. The van der Waals surface area contributed by atoms with Gasteiger partial charge in [0, 0.05) is 10.6 Å². The number of carbonyl (C=O) groups is 1. The van der Waals surface area contributed by atoms with Crippen molar-refractivity contribution >= 4 is 17.4 Å². The Morgan fingerprint density at radius 1 is 1.40 bits per heavy atom. The molecule has 0 aliphatic carbocycles. The molecule has 1 aliphatic rings. The van der Waals surface area contributed by atoms with E-state index in [1.54, 1.807) is 0 Å². The van der Waals surface area contributed by atoms with Gasteiger partial charge in [-0.2, -0.15) is 0 Å². The minimum absolute atomic E-state index is 0.0469. The van der Waals surface area contributed by atoms with Crippen LogP contribution in [0.15, 0.2) is 6.07 Å². The molecular formula is C12H13ClO2. The van der Waals surface area contributed by atoms with E-state index in [9.17, 15) is 4.79 Å². The normalized spacial score (nSPS) is 16.1. The summed E-state index contributed by atoms with van der Waals surface area (Å²) < 4.78 is 5.25. The lowest BCUT2D eigenvalue weighted by molar-refractivity contribution is 0.0788. The summed E-state index contributed by atoms with van der Waals surface area (Å²) in [6, 6.07) is 1.92. The van der Waals surface area contributed by atoms with E-state index >= 15 is 0 Å². The smallest absolute Gasteiger partial charge is 0.189 e. The highest BCUT2D eigenvalue weighted by Gasteiger charge is 2.21. The molecule has 1 aliphatic heterocycles. The third-order valence-electron chi connectivity index (χ3n) is 2.86. The Labute approximate surface area is 94.2 Å². The number of fused-ring (bicyclic) bond motifs is 1. The van der Waals surface area contributed by atoms with E-state index in [0.29, 0.717) is 11.6 Å². The number of hydrogen-bond acceptors (Lipinski definition) is 2. The molecule has 0 atom stereocenters. The highest BCUT2D eigenvalue weighted by molar-refractivity contribution is 6.32. The molecule has 0 bridgehead atoms. The molecule has 0 radical (unpaired) electrons. The number of ether oxygens (including phenoxy) is 1. The van der Waals surface area contributed by atoms with Crippen LogP contribution in [0.3, 0.4) is 0 Å². The number of benzene rings is 1. The summed E-state index contributed by atoms with van der Waals surface area (Å²) in [7, 11) is 0. The minimum Gasteiger partial charge on any atom is -0.373 e. The van der Waals surface area contributed by atoms with Crippen LogP contribution in [0.4, 0.5) is 0 Å². The van der Waals surface area contributed by atoms with Crippen LogP contribution in [0.5, 0.6) is 0 Å². The summed E-state index contributed by atoms with van der Waals surface area (Å²) in [5.74, 6) is 0.0469. The van der Waals surface area contributed by atoms with E-state index in [1.165, 1.54) is 0 Å². The summed E-state index contributed by atoms with van der Waals surface area (Å²) in [6.07, 6.45) is 0.797. The monoisotopic (exact) mass is 224 g/mol. The fraction of sp³-hybridized carbons (Fsp3) is 0.417. The first kappa shape index (κ1) is 10.7. The first-order valence-corrected chi connectivity index (χ1v) is 5.38. The average molecular weight is 225 g/mol. The number of rotatable bonds is 0. The molecular weight excluding hydrogens is 212 g/mol. The van der Waals surface area contributed by atoms with Crippen molar-refractivity contribution in [3.8, 4) is 0 Å². The van der Waals surface area contributed by atoms with Crippen LogP contribution < -0.4 is 0 Å². The van der Waals surface area contributed by atoms with Gasteiger partial charge in [0.05, 0.1) is 6.61 Å². The molecule has 0 spiro atoms. The Kier molecular flexibility index (Phi) is 2.81. The lowest BCUT2D eigenvalue weighted by Gasteiger charge is -2.12. The molecule has 0 saturated heterocycles. The Morgan fingerprint density at radius 3 is 2.87 bits per heavy atom. The van der Waals surface area contributed by atoms with Crippen molar-refractivity contribution in [1.29, 1.82) is 0 Å². The highest BCUT2D eigenvalue weighted by atomic mass is 35.5. The third-order valence-corrected chi connectivity index (χ3v) is 3.26. The Balaban J connectivity index is 2.69. The fourth-order valence-corrected chi connectivity index (χ4v) is 2.30. The molecule has 0 aromatic heterocycles. The summed E-state index contributed by atoms with van der Waals surface area (Å²) in [6.45, 7) is 4.67. The molecule has 0 fully saturated rings. The zero-order valence-electron chi connectivity index (χ0n) is 8.89. The quantitative estimate of drug-likeness (QED) is 0.677. The molecule has 1 heterocycles. The van der Waals surface area contributed by atoms with E-state index in [1.807, 2.05) is 19.9 Å². The van der Waals surface area contributed by atoms with Crippen molar-refractivity contribution in [2.45, 2.75) is 20.3 Å². The average Bonchev–Trinajstić information content (AvgIpc) is 2.37. The van der Waals surface area contributed by atoms with E-state index in [0.717, 1.165) is 28.7 Å². The van der Waals surface area contributed by atoms with Crippen LogP contribution >= 0.6 is 11.6 Å². The van der Waals surface area contributed by atoms with Gasteiger partial charge in [0.1, 0.15) is 6.61 Å². The van der Waals surface area contributed by atoms with Crippen LogP contribution in [-0.2, 0) is 11.2 Å². The molecule has 2 nitrogen and oxygen atoms in total. The maximum atomic E-state index is 11.8. The van der Waals surface area contributed by atoms with Gasteiger partial charge in [0.2, 0.25) is 0 Å². The zero-order chi connectivity index (χ0) is 11.0. The van der Waals surface area contributed by atoms with Gasteiger partial charge >= 0.3 is 0 Å². The first-order chi connectivity index (χ1) is 7.11. The second-order valence-electron chi connectivity index (χ2n) is 3.88. The van der Waals surface area contributed by atoms with Gasteiger partial charge < -0.3 is 4.74 Å². The minimum atomic E-state index is 0.0469. The molecule has 3 heteroatoms. The fourth-order valence-electron chi connectivity index (χ4n) is 2.04. The van der Waals surface area contributed by atoms with Crippen molar-refractivity contribution in [2.75, 3.05) is 13.2 Å². The number of carbonyl (C=O) groups excluding carboxylic acids is 1. The molecule has 15 heavy (non-hydrogen) atoms. The van der Waals surface area contributed by atoms with Gasteiger partial charge in [-0.05, 0) is 43.0 Å². The topological polar surface area (TPSA) is 26.3 Å². The van der Waals surface area contributed by atoms with Crippen molar-refractivity contribution in [3.05, 3.63) is 33.3 Å². The van der Waals surface area contributed by atoms with E-state index < -0.39 is 0 Å². The van der Waals surface area contributed by atoms with E-state index in [2.05, 4.69) is 0 Å². The van der Waals surface area contributed by atoms with Crippen LogP contribution in [0, 0.1) is 13.8 Å². The SMILES string of the molecule is Cc1cc(Cl)c(C)c2c1CCOCC2=O. The Bertz CT molecular complexity index is 424. The van der Waals surface area contributed by atoms with E-state index in [4.69, 9.17) is 16.3 Å². The van der Waals surface area contributed by atoms with Crippen molar-refractivity contribution in [1.82, 2.24) is 0 Å². The summed E-state index contributed by atoms with van der Waals surface area (Å²) in [4.78, 5) is 11.8. The molecule has 1 aromatic rings. The maximum absolute atomic E-state index is 11.8. The lowest BCUT2D eigenvalue weighted by atomic mass is 9.93. The molecule has 0 saturated carbocycles. The van der Waals surface area contributed by atoms with Gasteiger partial charge in [-0.25, -0.2) is 0 Å². The van der Waals surface area contributed by atoms with Crippen LogP contribution in [0.2, 0.25) is 5.02 Å². The molecule has 0 unspecified atom stereocenters. The van der Waals surface area contributed by atoms with Crippen molar-refractivity contribution < 1.29 is 9.53 Å². The van der Waals surface area contributed by atoms with Gasteiger partial charge in [-0.15, -0.1) is 0 Å². The summed E-state index contributed by atoms with van der Waals surface area (Å²) >= 11 is 6.08. The second kappa shape index (κ2) is 3.95. The Hall–Kier alpha value is -0.860. The number of halogens is 1. The number of ketones is 1. The summed E-state index contributed by atoms with van der Waals surface area (Å²) in [5.41, 5.74) is 3.84. The summed E-state index contributed by atoms with van der Waals surface area (Å²) in [5, 5.41) is 0.668. The third kappa shape index (κ3) is 1.80. The van der Waals surface area contributed by atoms with Crippen LogP contribution in [-0.4, -0.2) is 19.0 Å². The number of Topliss-reactive ketones (excluding diaryl/α,β-unsaturated/α-hetero) is 1. The number of hydrogen-bond donors (Lipinski definition) is 0. The highest BCUT2D eigenvalue weighted by Crippen LogP contribution is 2.28. The maximum Gasteiger partial charge on any atom is 0.189 e. The van der Waals surface area contributed by atoms with Gasteiger partial charge in [0.15, 0.2) is 5.78 Å². The first-order valence-electron chi connectivity index (χ1n) is 5.00. The predicted molar refractivity (Wildman–Crippen MR) is 59.8 cm³/mol. The Morgan fingerprint density at radius 2 is 2.13 bits per heavy atom. The zero-order valence-corrected chi connectivity index (χ0v) is 9.65. The van der Waals surface area contributed by atoms with E-state index in [-0.39, 0.29) is 12.4 Å². The molecule has 1 aromatic carbocycles. The molecule has 0 N–H and O–H groups in total. The van der Waals surface area contributed by atoms with Crippen LogP contribution in [0.1, 0.15) is 27.0 Å². The number of aryl methyl sites for hydroxylation is 1. The molecule has 2 rings (SSSR count). The van der Waals surface area contributed by atoms with Gasteiger partial charge in [0.25, 0.3) is 0 Å². The van der Waals surface area contributed by atoms with Gasteiger partial charge in [-0.1, -0.05) is 11.6 Å². The standard InChI is InChI=1S/C12H13ClO2/c1-7-5-10(13)8(2)12-9(7)3-4-15-6-11(12)14/h5H,3-4,6H2,1-2H3. The second-order valence-corrected chi connectivity index (χ2v) is 4.29.